The number of rotatable bonds is 2. The van der Waals surface area contributed by atoms with Crippen molar-refractivity contribution in [2.75, 3.05) is 24.5 Å². The maximum atomic E-state index is 3.55. The maximum Gasteiger partial charge on any atom is 0.0435 e. The number of benzene rings is 1. The van der Waals surface area contributed by atoms with Crippen molar-refractivity contribution in [2.45, 2.75) is 38.6 Å². The van der Waals surface area contributed by atoms with E-state index in [4.69, 9.17) is 0 Å². The predicted molar refractivity (Wildman–Crippen MR) is 72.8 cm³/mol. The molecule has 1 N–H and O–H groups in total. The normalized spacial score (nSPS) is 26.8. The average molecular weight is 230 g/mol. The Hall–Kier alpha value is -1.02. The Morgan fingerprint density at radius 1 is 1.41 bits per heavy atom. The molecule has 2 heteroatoms. The standard InChI is InChI=1S/C15H22N2/c1-3-9-17-14-7-8-16-10-13(14)12-6-4-5-11(2)15(12)17/h4-6,13-14,16H,3,7-10H2,1-2H3. The second kappa shape index (κ2) is 4.34. The minimum atomic E-state index is 0.713. The van der Waals surface area contributed by atoms with Crippen LogP contribution >= 0.6 is 0 Å². The lowest BCUT2D eigenvalue weighted by Crippen LogP contribution is -2.44. The minimum absolute atomic E-state index is 0.713. The second-order valence-corrected chi connectivity index (χ2v) is 5.37. The number of piperidine rings is 1. The summed E-state index contributed by atoms with van der Waals surface area (Å²) in [7, 11) is 0. The molecule has 2 nitrogen and oxygen atoms in total. The summed E-state index contributed by atoms with van der Waals surface area (Å²) >= 11 is 0. The van der Waals surface area contributed by atoms with Crippen molar-refractivity contribution in [1.29, 1.82) is 0 Å². The van der Waals surface area contributed by atoms with Gasteiger partial charge in [0.1, 0.15) is 0 Å². The zero-order valence-corrected chi connectivity index (χ0v) is 10.9. The summed E-state index contributed by atoms with van der Waals surface area (Å²) in [5, 5.41) is 3.55. The molecule has 1 aromatic rings. The largest absolute Gasteiger partial charge is 0.367 e. The van der Waals surface area contributed by atoms with Crippen molar-refractivity contribution in [1.82, 2.24) is 5.32 Å². The number of anilines is 1. The van der Waals surface area contributed by atoms with E-state index in [0.29, 0.717) is 5.92 Å². The molecular weight excluding hydrogens is 208 g/mol. The molecule has 2 heterocycles. The van der Waals surface area contributed by atoms with E-state index in [9.17, 15) is 0 Å². The minimum Gasteiger partial charge on any atom is -0.367 e. The summed E-state index contributed by atoms with van der Waals surface area (Å²) in [4.78, 5) is 2.68. The van der Waals surface area contributed by atoms with Crippen molar-refractivity contribution in [3.05, 3.63) is 29.3 Å². The van der Waals surface area contributed by atoms with Gasteiger partial charge in [-0.2, -0.15) is 0 Å². The topological polar surface area (TPSA) is 15.3 Å². The molecule has 92 valence electrons. The van der Waals surface area contributed by atoms with E-state index in [1.165, 1.54) is 37.2 Å². The number of hydrogen-bond acceptors (Lipinski definition) is 2. The molecule has 2 unspecified atom stereocenters. The van der Waals surface area contributed by atoms with Gasteiger partial charge >= 0.3 is 0 Å². The van der Waals surface area contributed by atoms with E-state index in [1.807, 2.05) is 0 Å². The van der Waals surface area contributed by atoms with E-state index in [2.05, 4.69) is 42.3 Å². The Balaban J connectivity index is 2.05. The van der Waals surface area contributed by atoms with Gasteiger partial charge in [0.05, 0.1) is 0 Å². The van der Waals surface area contributed by atoms with Crippen molar-refractivity contribution in [3.8, 4) is 0 Å². The van der Waals surface area contributed by atoms with Gasteiger partial charge in [-0.25, -0.2) is 0 Å². The molecule has 0 aliphatic carbocycles. The first-order chi connectivity index (χ1) is 8.33. The van der Waals surface area contributed by atoms with Crippen LogP contribution in [0.3, 0.4) is 0 Å². The number of hydrogen-bond donors (Lipinski definition) is 1. The molecular formula is C15H22N2. The van der Waals surface area contributed by atoms with Crippen LogP contribution in [0.5, 0.6) is 0 Å². The SMILES string of the molecule is CCCN1c2c(C)cccc2C2CNCCC21. The highest BCUT2D eigenvalue weighted by Gasteiger charge is 2.39. The summed E-state index contributed by atoms with van der Waals surface area (Å²) in [5.41, 5.74) is 4.56. The average Bonchev–Trinajstić information content (AvgIpc) is 2.67. The summed E-state index contributed by atoms with van der Waals surface area (Å²) in [6.45, 7) is 8.08. The van der Waals surface area contributed by atoms with Crippen molar-refractivity contribution < 1.29 is 0 Å². The van der Waals surface area contributed by atoms with Crippen LogP contribution in [0.1, 0.15) is 36.8 Å². The number of aryl methyl sites for hydroxylation is 1. The van der Waals surface area contributed by atoms with Gasteiger partial charge in [0.15, 0.2) is 0 Å². The van der Waals surface area contributed by atoms with Crippen LogP contribution in [0, 0.1) is 6.92 Å². The number of nitrogens with zero attached hydrogens (tertiary/aromatic N) is 1. The molecule has 0 radical (unpaired) electrons. The lowest BCUT2D eigenvalue weighted by Gasteiger charge is -2.34. The lowest BCUT2D eigenvalue weighted by atomic mass is 9.90. The number of para-hydroxylation sites is 1. The highest BCUT2D eigenvalue weighted by molar-refractivity contribution is 5.66. The number of nitrogens with one attached hydrogen (secondary N) is 1. The van der Waals surface area contributed by atoms with Crippen LogP contribution in [0.4, 0.5) is 5.69 Å². The Morgan fingerprint density at radius 2 is 2.29 bits per heavy atom. The molecule has 1 aromatic carbocycles. The fourth-order valence-corrected chi connectivity index (χ4v) is 3.59. The van der Waals surface area contributed by atoms with Crippen LogP contribution in [0.2, 0.25) is 0 Å². The Bertz CT molecular complexity index is 413. The fraction of sp³-hybridized carbons (Fsp3) is 0.600. The molecule has 1 saturated heterocycles. The van der Waals surface area contributed by atoms with E-state index in [-0.39, 0.29) is 0 Å². The van der Waals surface area contributed by atoms with E-state index >= 15 is 0 Å². The van der Waals surface area contributed by atoms with Crippen LogP contribution in [-0.4, -0.2) is 25.7 Å². The highest BCUT2D eigenvalue weighted by atomic mass is 15.2. The summed E-state index contributed by atoms with van der Waals surface area (Å²) < 4.78 is 0. The molecule has 0 bridgehead atoms. The van der Waals surface area contributed by atoms with Crippen LogP contribution < -0.4 is 10.2 Å². The van der Waals surface area contributed by atoms with Crippen molar-refractivity contribution in [2.24, 2.45) is 0 Å². The monoisotopic (exact) mass is 230 g/mol. The summed E-state index contributed by atoms with van der Waals surface area (Å²) in [6, 6.07) is 7.55. The third kappa shape index (κ3) is 1.66. The first kappa shape index (κ1) is 11.1. The first-order valence-electron chi connectivity index (χ1n) is 6.89. The molecule has 3 rings (SSSR count). The molecule has 0 spiro atoms. The van der Waals surface area contributed by atoms with Crippen LogP contribution in [0.15, 0.2) is 18.2 Å². The maximum absolute atomic E-state index is 3.55. The summed E-state index contributed by atoms with van der Waals surface area (Å²) in [6.07, 6.45) is 2.53. The molecule has 2 aliphatic rings. The van der Waals surface area contributed by atoms with Gasteiger partial charge in [0.25, 0.3) is 0 Å². The molecule has 2 aliphatic heterocycles. The Kier molecular flexibility index (Phi) is 2.83. The third-order valence-electron chi connectivity index (χ3n) is 4.27. The van der Waals surface area contributed by atoms with Gasteiger partial charge in [-0.3, -0.25) is 0 Å². The van der Waals surface area contributed by atoms with Crippen LogP contribution in [0.25, 0.3) is 0 Å². The van der Waals surface area contributed by atoms with Gasteiger partial charge in [-0.15, -0.1) is 0 Å². The zero-order chi connectivity index (χ0) is 11.8. The Morgan fingerprint density at radius 3 is 3.12 bits per heavy atom. The second-order valence-electron chi connectivity index (χ2n) is 5.37. The van der Waals surface area contributed by atoms with Gasteiger partial charge in [-0.1, -0.05) is 25.1 Å². The lowest BCUT2D eigenvalue weighted by molar-refractivity contribution is 0.402. The third-order valence-corrected chi connectivity index (χ3v) is 4.27. The number of fused-ring (bicyclic) bond motifs is 3. The quantitative estimate of drug-likeness (QED) is 0.840. The van der Waals surface area contributed by atoms with Gasteiger partial charge < -0.3 is 10.2 Å². The molecule has 17 heavy (non-hydrogen) atoms. The van der Waals surface area contributed by atoms with Crippen LogP contribution in [-0.2, 0) is 0 Å². The zero-order valence-electron chi connectivity index (χ0n) is 10.9. The molecule has 0 amide bonds. The highest BCUT2D eigenvalue weighted by Crippen LogP contribution is 2.44. The fourth-order valence-electron chi connectivity index (χ4n) is 3.59. The molecule has 2 atom stereocenters. The Labute approximate surface area is 104 Å². The van der Waals surface area contributed by atoms with Crippen molar-refractivity contribution >= 4 is 5.69 Å². The molecule has 0 saturated carbocycles. The van der Waals surface area contributed by atoms with E-state index in [0.717, 1.165) is 12.6 Å². The molecule has 1 fully saturated rings. The van der Waals surface area contributed by atoms with Gasteiger partial charge in [0, 0.05) is 30.7 Å². The molecule has 0 aromatic heterocycles. The predicted octanol–water partition coefficient (Wildman–Crippen LogP) is 2.67. The van der Waals surface area contributed by atoms with Gasteiger partial charge in [-0.05, 0) is 37.4 Å². The van der Waals surface area contributed by atoms with Gasteiger partial charge in [0.2, 0.25) is 0 Å². The first-order valence-corrected chi connectivity index (χ1v) is 6.89. The van der Waals surface area contributed by atoms with E-state index in [1.54, 1.807) is 5.56 Å². The smallest absolute Gasteiger partial charge is 0.0435 e. The van der Waals surface area contributed by atoms with E-state index < -0.39 is 0 Å². The summed E-state index contributed by atoms with van der Waals surface area (Å²) in [5.74, 6) is 0.713. The van der Waals surface area contributed by atoms with Crippen molar-refractivity contribution in [3.63, 3.8) is 0 Å².